The number of carbonyl (C=O) groups excluding carboxylic acids is 2. The molecular formula is C26H32F3NO8S. The third-order valence-corrected chi connectivity index (χ3v) is 5.81. The van der Waals surface area contributed by atoms with Crippen molar-refractivity contribution in [2.75, 3.05) is 6.61 Å². The van der Waals surface area contributed by atoms with Gasteiger partial charge in [0.15, 0.2) is 0 Å². The van der Waals surface area contributed by atoms with Gasteiger partial charge in [-0.3, -0.25) is 0 Å². The van der Waals surface area contributed by atoms with Gasteiger partial charge in [-0.25, -0.2) is 9.59 Å². The highest BCUT2D eigenvalue weighted by molar-refractivity contribution is 7.88. The van der Waals surface area contributed by atoms with Gasteiger partial charge in [-0.15, -0.1) is 0 Å². The molecule has 2 aromatic rings. The van der Waals surface area contributed by atoms with Gasteiger partial charge in [0.05, 0.1) is 6.61 Å². The van der Waals surface area contributed by atoms with Crippen LogP contribution < -0.4 is 14.2 Å². The molecule has 1 atom stereocenters. The Morgan fingerprint density at radius 3 is 2.21 bits per heavy atom. The van der Waals surface area contributed by atoms with Crippen LogP contribution in [-0.4, -0.2) is 44.2 Å². The van der Waals surface area contributed by atoms with E-state index in [0.717, 1.165) is 18.6 Å². The molecule has 39 heavy (non-hydrogen) atoms. The molecule has 0 aliphatic heterocycles. The lowest BCUT2D eigenvalue weighted by Gasteiger charge is -2.23. The van der Waals surface area contributed by atoms with E-state index < -0.39 is 45.1 Å². The number of halogens is 3. The maximum atomic E-state index is 13.0. The molecule has 0 aliphatic carbocycles. The number of amides is 1. The van der Waals surface area contributed by atoms with E-state index >= 15 is 0 Å². The lowest BCUT2D eigenvalue weighted by Crippen LogP contribution is -2.45. The topological polar surface area (TPSA) is 117 Å². The number of benzene rings is 2. The number of hydrogen-bond acceptors (Lipinski definition) is 8. The second-order valence-corrected chi connectivity index (χ2v) is 11.0. The van der Waals surface area contributed by atoms with Gasteiger partial charge in [-0.05, 0) is 50.5 Å². The van der Waals surface area contributed by atoms with Gasteiger partial charge < -0.3 is 23.7 Å². The van der Waals surface area contributed by atoms with Crippen molar-refractivity contribution in [3.8, 4) is 11.5 Å². The van der Waals surface area contributed by atoms with Crippen molar-refractivity contribution in [3.63, 3.8) is 0 Å². The Hall–Kier alpha value is -3.48. The van der Waals surface area contributed by atoms with Gasteiger partial charge in [-0.2, -0.15) is 21.6 Å². The Labute approximate surface area is 225 Å². The first-order chi connectivity index (χ1) is 18.1. The number of ether oxygens (including phenoxy) is 3. The highest BCUT2D eigenvalue weighted by Gasteiger charge is 2.48. The van der Waals surface area contributed by atoms with Crippen LogP contribution in [-0.2, 0) is 37.4 Å². The number of unbranched alkanes of at least 4 members (excludes halogenated alkanes) is 1. The molecule has 0 spiro atoms. The zero-order valence-corrected chi connectivity index (χ0v) is 22.9. The Morgan fingerprint density at radius 1 is 0.974 bits per heavy atom. The van der Waals surface area contributed by atoms with Crippen molar-refractivity contribution < 1.29 is 49.6 Å². The summed E-state index contributed by atoms with van der Waals surface area (Å²) in [6, 6.07) is 10.8. The first-order valence-electron chi connectivity index (χ1n) is 12.1. The summed E-state index contributed by atoms with van der Waals surface area (Å²) in [6.45, 7) is 6.86. The highest BCUT2D eigenvalue weighted by atomic mass is 32.2. The van der Waals surface area contributed by atoms with E-state index in [4.69, 9.17) is 14.2 Å². The van der Waals surface area contributed by atoms with E-state index in [2.05, 4.69) is 9.50 Å². The monoisotopic (exact) mass is 575 g/mol. The van der Waals surface area contributed by atoms with Crippen LogP contribution >= 0.6 is 0 Å². The van der Waals surface area contributed by atoms with Crippen LogP contribution in [0.15, 0.2) is 48.5 Å². The maximum Gasteiger partial charge on any atom is 0.534 e. The number of esters is 1. The highest BCUT2D eigenvalue weighted by Crippen LogP contribution is 2.30. The molecule has 0 aromatic heterocycles. The normalized spacial score (nSPS) is 12.8. The van der Waals surface area contributed by atoms with Crippen LogP contribution in [0.1, 0.15) is 51.7 Å². The molecule has 0 fully saturated rings. The van der Waals surface area contributed by atoms with E-state index in [9.17, 15) is 31.2 Å². The predicted molar refractivity (Wildman–Crippen MR) is 136 cm³/mol. The van der Waals surface area contributed by atoms with Gasteiger partial charge in [0.2, 0.25) is 0 Å². The van der Waals surface area contributed by atoms with Gasteiger partial charge >= 0.3 is 27.7 Å². The fourth-order valence-electron chi connectivity index (χ4n) is 3.10. The van der Waals surface area contributed by atoms with Crippen molar-refractivity contribution in [2.45, 2.75) is 70.7 Å². The van der Waals surface area contributed by atoms with E-state index in [1.165, 1.54) is 6.07 Å². The Morgan fingerprint density at radius 2 is 1.62 bits per heavy atom. The minimum absolute atomic E-state index is 0.0157. The van der Waals surface area contributed by atoms with Gasteiger partial charge in [-0.1, -0.05) is 43.7 Å². The fourth-order valence-corrected chi connectivity index (χ4v) is 3.54. The van der Waals surface area contributed by atoms with Crippen LogP contribution in [0.3, 0.4) is 0 Å². The second kappa shape index (κ2) is 13.5. The molecule has 1 amide bonds. The third kappa shape index (κ3) is 11.0. The average molecular weight is 576 g/mol. The number of carbonyl (C=O) groups is 2. The molecular weight excluding hydrogens is 543 g/mol. The number of rotatable bonds is 12. The quantitative estimate of drug-likeness (QED) is 0.157. The van der Waals surface area contributed by atoms with E-state index in [0.29, 0.717) is 12.0 Å². The summed E-state index contributed by atoms with van der Waals surface area (Å²) in [5.41, 5.74) is -5.73. The van der Waals surface area contributed by atoms with Crippen molar-refractivity contribution in [1.29, 1.82) is 0 Å². The second-order valence-electron chi connectivity index (χ2n) is 9.49. The summed E-state index contributed by atoms with van der Waals surface area (Å²) in [7, 11) is -5.97. The molecule has 1 N–H and O–H groups in total. The number of alkyl carbamates (subject to hydrolysis) is 1. The standard InChI is InChI=1S/C26H32F3NO8S/c1-5-6-12-35-20-13-19(14-21(16-20)38-39(33,34)26(27,28)29)15-22(30-24(32)37-25(2,3)4)23(31)36-17-18-10-8-7-9-11-18/h7-11,13-14,16,22H,5-6,12,15,17H2,1-4H3,(H,30,32)/t22-/m0/s1. The molecule has 13 heteroatoms. The van der Waals surface area contributed by atoms with Crippen LogP contribution in [0.2, 0.25) is 0 Å². The lowest BCUT2D eigenvalue weighted by molar-refractivity contribution is -0.147. The third-order valence-electron chi connectivity index (χ3n) is 4.84. The molecule has 216 valence electrons. The molecule has 0 radical (unpaired) electrons. The molecule has 0 heterocycles. The number of nitrogens with one attached hydrogen (secondary N) is 1. The van der Waals surface area contributed by atoms with E-state index in [-0.39, 0.29) is 30.9 Å². The first kappa shape index (κ1) is 31.7. The van der Waals surface area contributed by atoms with Gasteiger partial charge in [0.25, 0.3) is 0 Å². The smallest absolute Gasteiger partial charge is 0.493 e. The van der Waals surface area contributed by atoms with E-state index in [1.54, 1.807) is 51.1 Å². The average Bonchev–Trinajstić information content (AvgIpc) is 2.80. The zero-order valence-electron chi connectivity index (χ0n) is 22.0. The largest absolute Gasteiger partial charge is 0.534 e. The molecule has 0 aliphatic rings. The van der Waals surface area contributed by atoms with Crippen molar-refractivity contribution in [1.82, 2.24) is 5.32 Å². The Kier molecular flexibility index (Phi) is 11.0. The molecule has 0 bridgehead atoms. The van der Waals surface area contributed by atoms with Crippen LogP contribution in [0, 0.1) is 0 Å². The summed E-state index contributed by atoms with van der Waals surface area (Å²) in [5.74, 6) is -1.51. The minimum Gasteiger partial charge on any atom is -0.493 e. The van der Waals surface area contributed by atoms with Crippen LogP contribution in [0.5, 0.6) is 11.5 Å². The predicted octanol–water partition coefficient (Wildman–Crippen LogP) is 5.27. The summed E-state index contributed by atoms with van der Waals surface area (Å²) in [4.78, 5) is 25.4. The first-order valence-corrected chi connectivity index (χ1v) is 13.5. The SMILES string of the molecule is CCCCOc1cc(C[C@H](NC(=O)OC(C)(C)C)C(=O)OCc2ccccc2)cc(OS(=O)(=O)C(F)(F)F)c1. The molecule has 2 aromatic carbocycles. The molecule has 9 nitrogen and oxygen atoms in total. The zero-order chi connectivity index (χ0) is 29.3. The molecule has 0 unspecified atom stereocenters. The summed E-state index contributed by atoms with van der Waals surface area (Å²) >= 11 is 0. The van der Waals surface area contributed by atoms with Crippen molar-refractivity contribution in [3.05, 3.63) is 59.7 Å². The van der Waals surface area contributed by atoms with Crippen molar-refractivity contribution >= 4 is 22.2 Å². The Balaban J connectivity index is 2.36. The summed E-state index contributed by atoms with van der Waals surface area (Å²) in [6.07, 6.45) is 0.146. The van der Waals surface area contributed by atoms with Gasteiger partial charge in [0.1, 0.15) is 29.7 Å². The Bertz CT molecular complexity index is 1210. The maximum absolute atomic E-state index is 13.0. The summed E-state index contributed by atoms with van der Waals surface area (Å²) < 4.78 is 82.3. The molecule has 0 saturated carbocycles. The summed E-state index contributed by atoms with van der Waals surface area (Å²) in [5, 5.41) is 2.41. The lowest BCUT2D eigenvalue weighted by atomic mass is 10.1. The van der Waals surface area contributed by atoms with Gasteiger partial charge in [0, 0.05) is 12.5 Å². The fraction of sp³-hybridized carbons (Fsp3) is 0.462. The van der Waals surface area contributed by atoms with Crippen LogP contribution in [0.25, 0.3) is 0 Å². The molecule has 2 rings (SSSR count). The number of alkyl halides is 3. The number of hydrogen-bond donors (Lipinski definition) is 1. The minimum atomic E-state index is -5.97. The van der Waals surface area contributed by atoms with Crippen molar-refractivity contribution in [2.24, 2.45) is 0 Å². The van der Waals surface area contributed by atoms with E-state index in [1.807, 2.05) is 6.92 Å². The molecule has 0 saturated heterocycles. The van der Waals surface area contributed by atoms with Crippen LogP contribution in [0.4, 0.5) is 18.0 Å².